The van der Waals surface area contributed by atoms with Crippen molar-refractivity contribution in [3.8, 4) is 0 Å². The molecule has 1 heterocycles. The summed E-state index contributed by atoms with van der Waals surface area (Å²) in [5.41, 5.74) is 0.330. The van der Waals surface area contributed by atoms with Gasteiger partial charge in [0.1, 0.15) is 0 Å². The van der Waals surface area contributed by atoms with Crippen molar-refractivity contribution >= 4 is 11.8 Å². The first-order valence-corrected chi connectivity index (χ1v) is 7.94. The molecule has 0 bridgehead atoms. The third-order valence-electron chi connectivity index (χ3n) is 3.81. The highest BCUT2D eigenvalue weighted by molar-refractivity contribution is 7.98. The number of hydrogen-bond acceptors (Lipinski definition) is 4. The van der Waals surface area contributed by atoms with E-state index in [1.807, 2.05) is 18.8 Å². The molecule has 1 N–H and O–H groups in total. The number of thioether (sulfide) groups is 1. The van der Waals surface area contributed by atoms with Gasteiger partial charge in [-0.2, -0.15) is 11.8 Å². The van der Waals surface area contributed by atoms with Crippen molar-refractivity contribution in [1.82, 2.24) is 10.2 Å². The summed E-state index contributed by atoms with van der Waals surface area (Å²) in [4.78, 5) is 2.50. The summed E-state index contributed by atoms with van der Waals surface area (Å²) < 4.78 is 5.60. The van der Waals surface area contributed by atoms with E-state index in [2.05, 4.69) is 30.4 Å². The SMILES string of the molecule is CNCC1(CN(C)C(C)CCSC)CCOC1. The highest BCUT2D eigenvalue weighted by atomic mass is 32.2. The van der Waals surface area contributed by atoms with Gasteiger partial charge >= 0.3 is 0 Å². The molecule has 1 saturated heterocycles. The quantitative estimate of drug-likeness (QED) is 0.718. The van der Waals surface area contributed by atoms with Crippen molar-refractivity contribution in [3.05, 3.63) is 0 Å². The first kappa shape index (κ1) is 15.3. The van der Waals surface area contributed by atoms with Crippen LogP contribution in [0.4, 0.5) is 0 Å². The van der Waals surface area contributed by atoms with Gasteiger partial charge in [-0.15, -0.1) is 0 Å². The van der Waals surface area contributed by atoms with Gasteiger partial charge in [0.05, 0.1) is 6.61 Å². The van der Waals surface area contributed by atoms with Gasteiger partial charge in [0, 0.05) is 31.2 Å². The molecule has 1 rings (SSSR count). The molecule has 1 aliphatic rings. The summed E-state index contributed by atoms with van der Waals surface area (Å²) in [5.74, 6) is 1.25. The van der Waals surface area contributed by atoms with E-state index in [0.29, 0.717) is 11.5 Å². The Morgan fingerprint density at radius 3 is 2.82 bits per heavy atom. The van der Waals surface area contributed by atoms with Crippen LogP contribution >= 0.6 is 11.8 Å². The first-order valence-electron chi connectivity index (χ1n) is 6.55. The van der Waals surface area contributed by atoms with Crippen molar-refractivity contribution in [3.63, 3.8) is 0 Å². The minimum absolute atomic E-state index is 0.330. The molecule has 0 aliphatic carbocycles. The molecule has 0 spiro atoms. The van der Waals surface area contributed by atoms with Crippen LogP contribution in [0.2, 0.25) is 0 Å². The molecule has 0 aromatic heterocycles. The zero-order valence-electron chi connectivity index (χ0n) is 11.8. The van der Waals surface area contributed by atoms with Crippen molar-refractivity contribution in [2.75, 3.05) is 52.4 Å². The minimum Gasteiger partial charge on any atom is -0.381 e. The van der Waals surface area contributed by atoms with Crippen molar-refractivity contribution in [2.24, 2.45) is 5.41 Å². The normalized spacial score (nSPS) is 26.6. The van der Waals surface area contributed by atoms with E-state index in [1.165, 1.54) is 18.6 Å². The molecule has 2 atom stereocenters. The van der Waals surface area contributed by atoms with E-state index < -0.39 is 0 Å². The molecule has 102 valence electrons. The smallest absolute Gasteiger partial charge is 0.0547 e. The number of rotatable bonds is 8. The molecule has 17 heavy (non-hydrogen) atoms. The lowest BCUT2D eigenvalue weighted by Gasteiger charge is -2.35. The van der Waals surface area contributed by atoms with Crippen LogP contribution < -0.4 is 5.32 Å². The van der Waals surface area contributed by atoms with E-state index in [0.717, 1.165) is 26.3 Å². The van der Waals surface area contributed by atoms with Gasteiger partial charge in [0.25, 0.3) is 0 Å². The zero-order chi connectivity index (χ0) is 12.7. The van der Waals surface area contributed by atoms with Crippen molar-refractivity contribution in [2.45, 2.75) is 25.8 Å². The average Bonchev–Trinajstić information content (AvgIpc) is 2.74. The molecule has 0 saturated carbocycles. The largest absolute Gasteiger partial charge is 0.381 e. The topological polar surface area (TPSA) is 24.5 Å². The van der Waals surface area contributed by atoms with Crippen LogP contribution in [0.5, 0.6) is 0 Å². The van der Waals surface area contributed by atoms with Crippen LogP contribution in [-0.2, 0) is 4.74 Å². The fourth-order valence-electron chi connectivity index (χ4n) is 2.54. The molecular weight excluding hydrogens is 232 g/mol. The summed E-state index contributed by atoms with van der Waals surface area (Å²) in [6, 6.07) is 0.664. The zero-order valence-corrected chi connectivity index (χ0v) is 12.6. The molecule has 0 amide bonds. The third kappa shape index (κ3) is 4.78. The van der Waals surface area contributed by atoms with Crippen LogP contribution in [0.1, 0.15) is 19.8 Å². The number of hydrogen-bond donors (Lipinski definition) is 1. The van der Waals surface area contributed by atoms with Crippen LogP contribution in [0, 0.1) is 5.41 Å². The fraction of sp³-hybridized carbons (Fsp3) is 1.00. The highest BCUT2D eigenvalue weighted by Gasteiger charge is 2.35. The van der Waals surface area contributed by atoms with Crippen molar-refractivity contribution < 1.29 is 4.74 Å². The van der Waals surface area contributed by atoms with Gasteiger partial charge in [0.15, 0.2) is 0 Å². The summed E-state index contributed by atoms with van der Waals surface area (Å²) in [6.07, 6.45) is 4.64. The Hall–Kier alpha value is 0.230. The van der Waals surface area contributed by atoms with Crippen LogP contribution in [0.15, 0.2) is 0 Å². The molecule has 0 aromatic carbocycles. The Morgan fingerprint density at radius 2 is 2.29 bits per heavy atom. The molecule has 3 nitrogen and oxygen atoms in total. The van der Waals surface area contributed by atoms with Crippen molar-refractivity contribution in [1.29, 1.82) is 0 Å². The molecule has 4 heteroatoms. The Morgan fingerprint density at radius 1 is 1.53 bits per heavy atom. The molecule has 1 fully saturated rings. The Labute approximate surface area is 111 Å². The van der Waals surface area contributed by atoms with Gasteiger partial charge < -0.3 is 15.0 Å². The molecule has 0 radical (unpaired) electrons. The third-order valence-corrected chi connectivity index (χ3v) is 4.46. The van der Waals surface area contributed by atoms with E-state index in [4.69, 9.17) is 4.74 Å². The summed E-state index contributed by atoms with van der Waals surface area (Å²) in [7, 11) is 4.29. The second-order valence-electron chi connectivity index (χ2n) is 5.38. The van der Waals surface area contributed by atoms with Crippen LogP contribution in [0.3, 0.4) is 0 Å². The van der Waals surface area contributed by atoms with Gasteiger partial charge in [0.2, 0.25) is 0 Å². The van der Waals surface area contributed by atoms with Gasteiger partial charge in [-0.1, -0.05) is 0 Å². The lowest BCUT2D eigenvalue weighted by atomic mass is 9.86. The summed E-state index contributed by atoms with van der Waals surface area (Å²) in [5, 5.41) is 3.33. The van der Waals surface area contributed by atoms with Crippen LogP contribution in [-0.4, -0.2) is 63.3 Å². The molecule has 2 unspecified atom stereocenters. The van der Waals surface area contributed by atoms with E-state index in [9.17, 15) is 0 Å². The Balaban J connectivity index is 2.43. The van der Waals surface area contributed by atoms with E-state index in [-0.39, 0.29) is 0 Å². The molecular formula is C13H28N2OS. The maximum atomic E-state index is 5.60. The lowest BCUT2D eigenvalue weighted by Crippen LogP contribution is -2.45. The Kier molecular flexibility index (Phi) is 6.85. The number of nitrogens with one attached hydrogen (secondary N) is 1. The first-order chi connectivity index (χ1) is 8.13. The maximum Gasteiger partial charge on any atom is 0.0547 e. The minimum atomic E-state index is 0.330. The number of ether oxygens (including phenoxy) is 1. The van der Waals surface area contributed by atoms with E-state index >= 15 is 0 Å². The van der Waals surface area contributed by atoms with Crippen LogP contribution in [0.25, 0.3) is 0 Å². The Bertz CT molecular complexity index is 208. The average molecular weight is 260 g/mol. The second-order valence-corrected chi connectivity index (χ2v) is 6.36. The standard InChI is InChI=1S/C13H28N2OS/c1-12(5-8-17-4)15(3)10-13(9-14-2)6-7-16-11-13/h12,14H,5-11H2,1-4H3. The molecule has 1 aliphatic heterocycles. The van der Waals surface area contributed by atoms with E-state index in [1.54, 1.807) is 0 Å². The second kappa shape index (κ2) is 7.62. The summed E-state index contributed by atoms with van der Waals surface area (Å²) in [6.45, 7) is 6.37. The number of nitrogens with zero attached hydrogens (tertiary/aromatic N) is 1. The predicted octanol–water partition coefficient (Wildman–Crippen LogP) is 1.69. The van der Waals surface area contributed by atoms with Gasteiger partial charge in [-0.25, -0.2) is 0 Å². The van der Waals surface area contributed by atoms with Gasteiger partial charge in [-0.05, 0) is 45.9 Å². The highest BCUT2D eigenvalue weighted by Crippen LogP contribution is 2.29. The lowest BCUT2D eigenvalue weighted by molar-refractivity contribution is 0.105. The monoisotopic (exact) mass is 260 g/mol. The predicted molar refractivity (Wildman–Crippen MR) is 76.9 cm³/mol. The summed E-state index contributed by atoms with van der Waals surface area (Å²) >= 11 is 1.94. The fourth-order valence-corrected chi connectivity index (χ4v) is 3.12. The van der Waals surface area contributed by atoms with Gasteiger partial charge in [-0.3, -0.25) is 0 Å². The maximum absolute atomic E-state index is 5.60. The molecule has 0 aromatic rings.